The van der Waals surface area contributed by atoms with Crippen molar-refractivity contribution in [2.24, 2.45) is 11.7 Å². The maximum Gasteiger partial charge on any atom is 0.238 e. The highest BCUT2D eigenvalue weighted by molar-refractivity contribution is 9.10. The molecule has 0 aliphatic heterocycles. The van der Waals surface area contributed by atoms with Gasteiger partial charge in [0.1, 0.15) is 5.54 Å². The minimum Gasteiger partial charge on any atom is -0.368 e. The summed E-state index contributed by atoms with van der Waals surface area (Å²) in [5.41, 5.74) is 5.11. The van der Waals surface area contributed by atoms with Gasteiger partial charge in [-0.2, -0.15) is 0 Å². The lowest BCUT2D eigenvalue weighted by molar-refractivity contribution is -0.124. The zero-order valence-electron chi connectivity index (χ0n) is 11.0. The van der Waals surface area contributed by atoms with E-state index in [0.717, 1.165) is 28.8 Å². The molecule has 1 aromatic rings. The van der Waals surface area contributed by atoms with Gasteiger partial charge in [0, 0.05) is 15.1 Å². The van der Waals surface area contributed by atoms with Crippen molar-refractivity contribution in [1.29, 1.82) is 0 Å². The number of halogens is 1. The van der Waals surface area contributed by atoms with Crippen LogP contribution >= 0.6 is 27.7 Å². The smallest absolute Gasteiger partial charge is 0.238 e. The Labute approximate surface area is 126 Å². The van der Waals surface area contributed by atoms with Gasteiger partial charge in [0.25, 0.3) is 0 Å². The van der Waals surface area contributed by atoms with Crippen molar-refractivity contribution in [3.05, 3.63) is 28.7 Å². The third-order valence-electron chi connectivity index (χ3n) is 3.47. The van der Waals surface area contributed by atoms with Gasteiger partial charge >= 0.3 is 0 Å². The van der Waals surface area contributed by atoms with Gasteiger partial charge in [-0.3, -0.25) is 4.79 Å². The Morgan fingerprint density at radius 3 is 2.84 bits per heavy atom. The molecule has 1 unspecified atom stereocenters. The molecule has 1 fully saturated rings. The molecule has 19 heavy (non-hydrogen) atoms. The molecule has 3 nitrogen and oxygen atoms in total. The predicted molar refractivity (Wildman–Crippen MR) is 83.2 cm³/mol. The molecule has 0 radical (unpaired) electrons. The third kappa shape index (κ3) is 3.52. The van der Waals surface area contributed by atoms with Crippen LogP contribution in [0.3, 0.4) is 0 Å². The molecule has 3 N–H and O–H groups in total. The molecule has 0 heterocycles. The van der Waals surface area contributed by atoms with E-state index in [1.54, 1.807) is 11.8 Å². The first-order valence-electron chi connectivity index (χ1n) is 6.52. The Morgan fingerprint density at radius 2 is 2.32 bits per heavy atom. The van der Waals surface area contributed by atoms with Crippen molar-refractivity contribution >= 4 is 33.6 Å². The average molecular weight is 343 g/mol. The molecule has 1 aliphatic carbocycles. The molecule has 0 spiro atoms. The molecule has 0 aromatic heterocycles. The van der Waals surface area contributed by atoms with Crippen LogP contribution in [0.25, 0.3) is 0 Å². The lowest BCUT2D eigenvalue weighted by Crippen LogP contribution is -2.59. The van der Waals surface area contributed by atoms with Crippen LogP contribution in [0.1, 0.15) is 19.8 Å². The summed E-state index contributed by atoms with van der Waals surface area (Å²) in [6.45, 7) is 2.78. The van der Waals surface area contributed by atoms with Gasteiger partial charge in [-0.1, -0.05) is 28.9 Å². The lowest BCUT2D eigenvalue weighted by Gasteiger charge is -2.31. The number of primary amides is 1. The standard InChI is InChI=1S/C14H19BrN2OS/c1-2-17-14(13(16)18,10-6-7-10)9-19-12-5-3-4-11(15)8-12/h3-5,8,10,17H,2,6-7,9H2,1H3,(H2,16,18). The fourth-order valence-electron chi connectivity index (χ4n) is 2.32. The molecule has 0 bridgehead atoms. The van der Waals surface area contributed by atoms with Gasteiger partial charge in [0.05, 0.1) is 0 Å². The number of likely N-dealkylation sites (N-methyl/N-ethyl adjacent to an activating group) is 1. The number of benzene rings is 1. The number of thioether (sulfide) groups is 1. The van der Waals surface area contributed by atoms with Crippen molar-refractivity contribution in [3.63, 3.8) is 0 Å². The van der Waals surface area contributed by atoms with Gasteiger partial charge in [0.15, 0.2) is 0 Å². The van der Waals surface area contributed by atoms with Gasteiger partial charge in [-0.05, 0) is 43.5 Å². The molecule has 104 valence electrons. The summed E-state index contributed by atoms with van der Waals surface area (Å²) in [6, 6.07) is 8.12. The molecule has 1 amide bonds. The second-order valence-electron chi connectivity index (χ2n) is 4.89. The van der Waals surface area contributed by atoms with Crippen molar-refractivity contribution in [1.82, 2.24) is 5.32 Å². The Kier molecular flexibility index (Phi) is 4.92. The number of hydrogen-bond donors (Lipinski definition) is 2. The average Bonchev–Trinajstić information content (AvgIpc) is 3.19. The normalized spacial score (nSPS) is 18.0. The van der Waals surface area contributed by atoms with E-state index in [2.05, 4.69) is 33.4 Å². The van der Waals surface area contributed by atoms with E-state index in [1.165, 1.54) is 0 Å². The van der Waals surface area contributed by atoms with Gasteiger partial charge in [-0.15, -0.1) is 11.8 Å². The minimum absolute atomic E-state index is 0.223. The highest BCUT2D eigenvalue weighted by atomic mass is 79.9. The van der Waals surface area contributed by atoms with E-state index >= 15 is 0 Å². The predicted octanol–water partition coefficient (Wildman–Crippen LogP) is 2.78. The second kappa shape index (κ2) is 6.29. The molecular weight excluding hydrogens is 324 g/mol. The van der Waals surface area contributed by atoms with Gasteiger partial charge < -0.3 is 11.1 Å². The lowest BCUT2D eigenvalue weighted by atomic mass is 9.94. The van der Waals surface area contributed by atoms with Crippen LogP contribution in [-0.2, 0) is 4.79 Å². The highest BCUT2D eigenvalue weighted by Crippen LogP contribution is 2.42. The first kappa shape index (κ1) is 14.9. The quantitative estimate of drug-likeness (QED) is 0.749. The Hall–Kier alpha value is -0.520. The van der Waals surface area contributed by atoms with Crippen molar-refractivity contribution in [2.75, 3.05) is 12.3 Å². The summed E-state index contributed by atoms with van der Waals surface area (Å²) in [5, 5.41) is 3.34. The maximum absolute atomic E-state index is 11.9. The van der Waals surface area contributed by atoms with E-state index in [-0.39, 0.29) is 5.91 Å². The molecule has 0 saturated heterocycles. The number of hydrogen-bond acceptors (Lipinski definition) is 3. The van der Waals surface area contributed by atoms with Gasteiger partial charge in [-0.25, -0.2) is 0 Å². The van der Waals surface area contributed by atoms with E-state index in [0.29, 0.717) is 11.7 Å². The number of nitrogens with two attached hydrogens (primary N) is 1. The largest absolute Gasteiger partial charge is 0.368 e. The summed E-state index contributed by atoms with van der Waals surface area (Å²) in [7, 11) is 0. The van der Waals surface area contributed by atoms with Crippen molar-refractivity contribution < 1.29 is 4.79 Å². The number of rotatable bonds is 7. The van der Waals surface area contributed by atoms with Crippen LogP contribution in [0.2, 0.25) is 0 Å². The zero-order valence-corrected chi connectivity index (χ0v) is 13.4. The summed E-state index contributed by atoms with van der Waals surface area (Å²) < 4.78 is 1.05. The summed E-state index contributed by atoms with van der Waals surface area (Å²) in [5.74, 6) is 0.862. The monoisotopic (exact) mass is 342 g/mol. The first-order valence-corrected chi connectivity index (χ1v) is 8.29. The van der Waals surface area contributed by atoms with E-state index < -0.39 is 5.54 Å². The molecule has 1 aliphatic rings. The summed E-state index contributed by atoms with van der Waals surface area (Å²) in [4.78, 5) is 13.1. The van der Waals surface area contributed by atoms with Crippen LogP contribution in [0.4, 0.5) is 0 Å². The highest BCUT2D eigenvalue weighted by Gasteiger charge is 2.49. The number of amides is 1. The molecular formula is C14H19BrN2OS. The Morgan fingerprint density at radius 1 is 1.58 bits per heavy atom. The topological polar surface area (TPSA) is 55.1 Å². The van der Waals surface area contributed by atoms with E-state index in [1.807, 2.05) is 19.1 Å². The second-order valence-corrected chi connectivity index (χ2v) is 6.85. The molecule has 1 atom stereocenters. The molecule has 2 rings (SSSR count). The van der Waals surface area contributed by atoms with Crippen LogP contribution in [0.15, 0.2) is 33.6 Å². The fraction of sp³-hybridized carbons (Fsp3) is 0.500. The third-order valence-corrected chi connectivity index (χ3v) is 5.15. The van der Waals surface area contributed by atoms with Gasteiger partial charge in [0.2, 0.25) is 5.91 Å². The van der Waals surface area contributed by atoms with E-state index in [9.17, 15) is 4.79 Å². The Balaban J connectivity index is 2.10. The minimum atomic E-state index is -0.554. The zero-order chi connectivity index (χ0) is 13.9. The molecule has 1 aromatic carbocycles. The number of nitrogens with one attached hydrogen (secondary N) is 1. The fourth-order valence-corrected chi connectivity index (χ4v) is 4.13. The molecule has 1 saturated carbocycles. The number of carbonyl (C=O) groups excluding carboxylic acids is 1. The maximum atomic E-state index is 11.9. The number of carbonyl (C=O) groups is 1. The van der Waals surface area contributed by atoms with Crippen LogP contribution in [-0.4, -0.2) is 23.7 Å². The first-order chi connectivity index (χ1) is 9.08. The Bertz CT molecular complexity index is 465. The van der Waals surface area contributed by atoms with E-state index in [4.69, 9.17) is 5.73 Å². The van der Waals surface area contributed by atoms with Crippen molar-refractivity contribution in [3.8, 4) is 0 Å². The van der Waals surface area contributed by atoms with Crippen LogP contribution < -0.4 is 11.1 Å². The van der Waals surface area contributed by atoms with Crippen molar-refractivity contribution in [2.45, 2.75) is 30.2 Å². The summed E-state index contributed by atoms with van der Waals surface area (Å²) in [6.07, 6.45) is 2.18. The SMILES string of the molecule is CCNC(CSc1cccc(Br)c1)(C(N)=O)C1CC1. The molecule has 5 heteroatoms. The van der Waals surface area contributed by atoms with Crippen LogP contribution in [0.5, 0.6) is 0 Å². The van der Waals surface area contributed by atoms with Crippen LogP contribution in [0, 0.1) is 5.92 Å². The summed E-state index contributed by atoms with van der Waals surface area (Å²) >= 11 is 5.15.